The van der Waals surface area contributed by atoms with Crippen molar-refractivity contribution in [1.29, 1.82) is 0 Å². The average Bonchev–Trinajstić information content (AvgIpc) is 3.13. The van der Waals surface area contributed by atoms with Gasteiger partial charge in [0.05, 0.1) is 6.04 Å². The Hall–Kier alpha value is -0.530. The van der Waals surface area contributed by atoms with Crippen LogP contribution in [0.15, 0.2) is 4.99 Å². The fourth-order valence-corrected chi connectivity index (χ4v) is 5.44. The van der Waals surface area contributed by atoms with E-state index in [1.165, 1.54) is 77.0 Å². The van der Waals surface area contributed by atoms with Crippen molar-refractivity contribution in [2.75, 3.05) is 6.61 Å². The van der Waals surface area contributed by atoms with Crippen LogP contribution in [0.2, 0.25) is 0 Å². The Morgan fingerprint density at radius 3 is 2.12 bits per heavy atom. The summed E-state index contributed by atoms with van der Waals surface area (Å²) in [5, 5.41) is 0. The average molecular weight is 348 g/mol. The molecule has 0 aromatic carbocycles. The molecule has 0 unspecified atom stereocenters. The Morgan fingerprint density at radius 2 is 1.56 bits per heavy atom. The SMILES string of the molecule is CCCCC[C@H]1CC[C@H](C2CCC(C3=N[C@@H](C(C)C)CO3)CC2)CC1. The molecule has 0 amide bonds. The van der Waals surface area contributed by atoms with Gasteiger partial charge in [0.25, 0.3) is 0 Å². The number of hydrogen-bond donors (Lipinski definition) is 0. The summed E-state index contributed by atoms with van der Waals surface area (Å²) in [5.74, 6) is 5.42. The van der Waals surface area contributed by atoms with Crippen molar-refractivity contribution in [3.8, 4) is 0 Å². The van der Waals surface area contributed by atoms with Crippen LogP contribution in [0.5, 0.6) is 0 Å². The van der Waals surface area contributed by atoms with Crippen LogP contribution in [0, 0.1) is 29.6 Å². The molecule has 0 aromatic rings. The first-order valence-corrected chi connectivity index (χ1v) is 11.4. The topological polar surface area (TPSA) is 21.6 Å². The molecule has 0 bridgehead atoms. The molecule has 3 aliphatic rings. The summed E-state index contributed by atoms with van der Waals surface area (Å²) in [6.45, 7) is 7.67. The van der Waals surface area contributed by atoms with E-state index in [1.807, 2.05) is 0 Å². The number of unbranched alkanes of at least 4 members (excludes halogenated alkanes) is 2. The van der Waals surface area contributed by atoms with Crippen molar-refractivity contribution in [3.05, 3.63) is 0 Å². The Morgan fingerprint density at radius 1 is 0.920 bits per heavy atom. The van der Waals surface area contributed by atoms with E-state index in [9.17, 15) is 0 Å². The van der Waals surface area contributed by atoms with Gasteiger partial charge in [-0.3, -0.25) is 0 Å². The fraction of sp³-hybridized carbons (Fsp3) is 0.957. The summed E-state index contributed by atoms with van der Waals surface area (Å²) in [6, 6.07) is 0.413. The highest BCUT2D eigenvalue weighted by molar-refractivity contribution is 5.80. The predicted octanol–water partition coefficient (Wildman–Crippen LogP) is 6.63. The van der Waals surface area contributed by atoms with E-state index in [0.29, 0.717) is 17.9 Å². The van der Waals surface area contributed by atoms with Crippen molar-refractivity contribution >= 4 is 5.90 Å². The highest BCUT2D eigenvalue weighted by Crippen LogP contribution is 2.43. The lowest BCUT2D eigenvalue weighted by Crippen LogP contribution is -2.28. The number of nitrogens with zero attached hydrogens (tertiary/aromatic N) is 1. The number of hydrogen-bond acceptors (Lipinski definition) is 2. The summed E-state index contributed by atoms with van der Waals surface area (Å²) in [6.07, 6.45) is 17.3. The second kappa shape index (κ2) is 9.42. The molecule has 0 saturated heterocycles. The summed E-state index contributed by atoms with van der Waals surface area (Å²) in [4.78, 5) is 4.89. The van der Waals surface area contributed by atoms with Crippen LogP contribution in [-0.4, -0.2) is 18.5 Å². The molecule has 2 heteroatoms. The predicted molar refractivity (Wildman–Crippen MR) is 107 cm³/mol. The van der Waals surface area contributed by atoms with Gasteiger partial charge in [-0.2, -0.15) is 0 Å². The molecule has 1 heterocycles. The van der Waals surface area contributed by atoms with Crippen LogP contribution in [0.1, 0.15) is 97.8 Å². The molecule has 2 aliphatic carbocycles. The Labute approximate surface area is 156 Å². The van der Waals surface area contributed by atoms with Gasteiger partial charge in [-0.25, -0.2) is 4.99 Å². The van der Waals surface area contributed by atoms with Gasteiger partial charge in [-0.15, -0.1) is 0 Å². The maximum absolute atomic E-state index is 5.96. The molecule has 144 valence electrons. The van der Waals surface area contributed by atoms with Crippen LogP contribution in [0.25, 0.3) is 0 Å². The Balaban J connectivity index is 1.38. The van der Waals surface area contributed by atoms with Crippen LogP contribution in [-0.2, 0) is 4.74 Å². The number of ether oxygens (including phenoxy) is 1. The quantitative estimate of drug-likeness (QED) is 0.473. The fourth-order valence-electron chi connectivity index (χ4n) is 5.44. The van der Waals surface area contributed by atoms with Gasteiger partial charge < -0.3 is 4.74 Å². The summed E-state index contributed by atoms with van der Waals surface area (Å²) in [7, 11) is 0. The number of aliphatic imine (C=N–C) groups is 1. The standard InChI is InChI=1S/C23H41NO/c1-4-5-6-7-18-8-10-19(11-9-18)20-12-14-21(15-13-20)23-24-22(16-25-23)17(2)3/h17-22H,4-16H2,1-3H3/t18-,19-,20?,21?,22-/m1/s1. The van der Waals surface area contributed by atoms with E-state index >= 15 is 0 Å². The van der Waals surface area contributed by atoms with E-state index in [2.05, 4.69) is 20.8 Å². The lowest BCUT2D eigenvalue weighted by molar-refractivity contribution is 0.149. The highest BCUT2D eigenvalue weighted by Gasteiger charge is 2.34. The molecule has 1 aliphatic heterocycles. The molecule has 3 rings (SSSR count). The third kappa shape index (κ3) is 5.23. The first-order valence-electron chi connectivity index (χ1n) is 11.4. The van der Waals surface area contributed by atoms with Crippen molar-refractivity contribution in [2.24, 2.45) is 34.6 Å². The first-order chi connectivity index (χ1) is 12.2. The van der Waals surface area contributed by atoms with E-state index in [0.717, 1.165) is 30.3 Å². The van der Waals surface area contributed by atoms with E-state index in [1.54, 1.807) is 0 Å². The molecule has 2 nitrogen and oxygen atoms in total. The lowest BCUT2D eigenvalue weighted by Gasteiger charge is -2.37. The minimum absolute atomic E-state index is 0.413. The second-order valence-electron chi connectivity index (χ2n) is 9.48. The normalized spacial score (nSPS) is 36.3. The van der Waals surface area contributed by atoms with E-state index in [-0.39, 0.29) is 0 Å². The molecular weight excluding hydrogens is 306 g/mol. The minimum atomic E-state index is 0.413. The third-order valence-electron chi connectivity index (χ3n) is 7.36. The van der Waals surface area contributed by atoms with Crippen LogP contribution in [0.3, 0.4) is 0 Å². The van der Waals surface area contributed by atoms with Crippen LogP contribution < -0.4 is 0 Å². The van der Waals surface area contributed by atoms with Crippen LogP contribution in [0.4, 0.5) is 0 Å². The smallest absolute Gasteiger partial charge is 0.186 e. The lowest BCUT2D eigenvalue weighted by atomic mass is 9.68. The van der Waals surface area contributed by atoms with Crippen molar-refractivity contribution in [2.45, 2.75) is 104 Å². The van der Waals surface area contributed by atoms with Crippen molar-refractivity contribution in [1.82, 2.24) is 0 Å². The monoisotopic (exact) mass is 347 g/mol. The minimum Gasteiger partial charge on any atom is -0.478 e. The van der Waals surface area contributed by atoms with E-state index in [4.69, 9.17) is 9.73 Å². The van der Waals surface area contributed by atoms with Gasteiger partial charge in [-0.1, -0.05) is 59.3 Å². The molecule has 25 heavy (non-hydrogen) atoms. The van der Waals surface area contributed by atoms with Gasteiger partial charge in [0.1, 0.15) is 6.61 Å². The number of rotatable bonds is 7. The molecular formula is C23H41NO. The first kappa shape index (κ1) is 19.2. The third-order valence-corrected chi connectivity index (χ3v) is 7.36. The van der Waals surface area contributed by atoms with Crippen molar-refractivity contribution < 1.29 is 4.74 Å². The van der Waals surface area contributed by atoms with Gasteiger partial charge in [-0.05, 0) is 62.2 Å². The second-order valence-corrected chi connectivity index (χ2v) is 9.48. The summed E-state index contributed by atoms with van der Waals surface area (Å²) >= 11 is 0. The highest BCUT2D eigenvalue weighted by atomic mass is 16.5. The Kier molecular flexibility index (Phi) is 7.25. The van der Waals surface area contributed by atoms with Gasteiger partial charge >= 0.3 is 0 Å². The molecule has 0 spiro atoms. The van der Waals surface area contributed by atoms with E-state index < -0.39 is 0 Å². The zero-order chi connectivity index (χ0) is 17.6. The zero-order valence-electron chi connectivity index (χ0n) is 17.0. The van der Waals surface area contributed by atoms with Gasteiger partial charge in [0, 0.05) is 5.92 Å². The zero-order valence-corrected chi connectivity index (χ0v) is 17.0. The molecule has 2 saturated carbocycles. The molecule has 0 N–H and O–H groups in total. The molecule has 2 fully saturated rings. The molecule has 0 aromatic heterocycles. The maximum atomic E-state index is 5.96. The summed E-state index contributed by atoms with van der Waals surface area (Å²) in [5.41, 5.74) is 0. The van der Waals surface area contributed by atoms with Crippen LogP contribution >= 0.6 is 0 Å². The maximum Gasteiger partial charge on any atom is 0.186 e. The van der Waals surface area contributed by atoms with Gasteiger partial charge in [0.2, 0.25) is 0 Å². The Bertz CT molecular complexity index is 414. The van der Waals surface area contributed by atoms with Gasteiger partial charge in [0.15, 0.2) is 5.90 Å². The van der Waals surface area contributed by atoms with Crippen molar-refractivity contribution in [3.63, 3.8) is 0 Å². The summed E-state index contributed by atoms with van der Waals surface area (Å²) < 4.78 is 5.96. The molecule has 1 atom stereocenters. The largest absolute Gasteiger partial charge is 0.478 e. The molecule has 0 radical (unpaired) electrons.